The molecule has 1 aromatic carbocycles. The molecule has 4 nitrogen and oxygen atoms in total. The summed E-state index contributed by atoms with van der Waals surface area (Å²) in [5.74, 6) is 0.790. The fourth-order valence-electron chi connectivity index (χ4n) is 2.84. The topological polar surface area (TPSA) is 55.2 Å². The first-order valence-electron chi connectivity index (χ1n) is 7.03. The zero-order valence-corrected chi connectivity index (χ0v) is 11.7. The number of nitrogens with one attached hydrogen (secondary N) is 1. The van der Waals surface area contributed by atoms with Crippen molar-refractivity contribution in [2.75, 3.05) is 0 Å². The van der Waals surface area contributed by atoms with Crippen LogP contribution in [0, 0.1) is 23.0 Å². The van der Waals surface area contributed by atoms with Crippen molar-refractivity contribution in [2.45, 2.75) is 52.1 Å². The highest BCUT2D eigenvalue weighted by Crippen LogP contribution is 2.24. The van der Waals surface area contributed by atoms with Gasteiger partial charge in [0.2, 0.25) is 0 Å². The number of nitro groups is 1. The summed E-state index contributed by atoms with van der Waals surface area (Å²) in [6, 6.07) is 6.05. The van der Waals surface area contributed by atoms with Crippen LogP contribution in [0.4, 0.5) is 5.69 Å². The van der Waals surface area contributed by atoms with Crippen LogP contribution >= 0.6 is 0 Å². The van der Waals surface area contributed by atoms with Crippen LogP contribution in [0.25, 0.3) is 0 Å². The number of hydrogen-bond acceptors (Lipinski definition) is 3. The minimum Gasteiger partial charge on any atom is -0.310 e. The maximum atomic E-state index is 10.9. The van der Waals surface area contributed by atoms with Gasteiger partial charge in [-0.1, -0.05) is 31.9 Å². The average Bonchev–Trinajstić information content (AvgIpc) is 2.37. The van der Waals surface area contributed by atoms with E-state index in [-0.39, 0.29) is 10.6 Å². The molecule has 104 valence electrons. The van der Waals surface area contributed by atoms with E-state index in [0.29, 0.717) is 6.04 Å². The van der Waals surface area contributed by atoms with E-state index in [4.69, 9.17) is 0 Å². The van der Waals surface area contributed by atoms with Crippen molar-refractivity contribution in [2.24, 2.45) is 5.92 Å². The summed E-state index contributed by atoms with van der Waals surface area (Å²) in [6.45, 7) is 4.79. The Morgan fingerprint density at radius 3 is 2.89 bits per heavy atom. The van der Waals surface area contributed by atoms with Gasteiger partial charge in [0.25, 0.3) is 5.69 Å². The molecule has 2 atom stereocenters. The van der Waals surface area contributed by atoms with Crippen molar-refractivity contribution in [1.29, 1.82) is 0 Å². The third kappa shape index (κ3) is 3.77. The van der Waals surface area contributed by atoms with E-state index in [1.54, 1.807) is 13.0 Å². The van der Waals surface area contributed by atoms with E-state index in [2.05, 4.69) is 12.2 Å². The molecule has 1 fully saturated rings. The van der Waals surface area contributed by atoms with Crippen LogP contribution in [0.15, 0.2) is 18.2 Å². The van der Waals surface area contributed by atoms with Crippen molar-refractivity contribution in [3.8, 4) is 0 Å². The molecular weight excluding hydrogens is 240 g/mol. The van der Waals surface area contributed by atoms with Gasteiger partial charge in [0, 0.05) is 24.2 Å². The second-order valence-electron chi connectivity index (χ2n) is 5.73. The molecule has 1 N–H and O–H groups in total. The summed E-state index contributed by atoms with van der Waals surface area (Å²) in [5, 5.41) is 14.4. The Morgan fingerprint density at radius 1 is 1.42 bits per heavy atom. The Labute approximate surface area is 114 Å². The summed E-state index contributed by atoms with van der Waals surface area (Å²) >= 11 is 0. The maximum absolute atomic E-state index is 10.9. The lowest BCUT2D eigenvalue weighted by Gasteiger charge is -2.27. The Morgan fingerprint density at radius 2 is 2.21 bits per heavy atom. The predicted molar refractivity (Wildman–Crippen MR) is 76.1 cm³/mol. The number of benzene rings is 1. The lowest BCUT2D eigenvalue weighted by molar-refractivity contribution is -0.385. The van der Waals surface area contributed by atoms with E-state index in [0.717, 1.165) is 23.6 Å². The number of nitro benzene ring substituents is 1. The summed E-state index contributed by atoms with van der Waals surface area (Å²) in [5.41, 5.74) is 1.94. The molecule has 1 aromatic rings. The summed E-state index contributed by atoms with van der Waals surface area (Å²) < 4.78 is 0. The molecule has 1 aliphatic carbocycles. The molecule has 0 radical (unpaired) electrons. The lowest BCUT2D eigenvalue weighted by atomic mass is 9.87. The number of nitrogens with zero attached hydrogens (tertiary/aromatic N) is 1. The van der Waals surface area contributed by atoms with Gasteiger partial charge in [-0.15, -0.1) is 0 Å². The first-order valence-corrected chi connectivity index (χ1v) is 7.03. The number of aryl methyl sites for hydroxylation is 1. The minimum absolute atomic E-state index is 0.219. The first-order chi connectivity index (χ1) is 9.06. The molecule has 1 saturated carbocycles. The average molecular weight is 262 g/mol. The molecule has 0 amide bonds. The lowest BCUT2D eigenvalue weighted by Crippen LogP contribution is -2.33. The molecular formula is C15H22N2O2. The van der Waals surface area contributed by atoms with Crippen LogP contribution in [0.3, 0.4) is 0 Å². The predicted octanol–water partition coefficient (Wildman–Crippen LogP) is 3.57. The van der Waals surface area contributed by atoms with Crippen LogP contribution in [0.5, 0.6) is 0 Å². The summed E-state index contributed by atoms with van der Waals surface area (Å²) in [7, 11) is 0. The van der Waals surface area contributed by atoms with Crippen LogP contribution < -0.4 is 5.32 Å². The van der Waals surface area contributed by atoms with Crippen molar-refractivity contribution in [3.63, 3.8) is 0 Å². The SMILES string of the molecule is Cc1ccc(CNC2CCCC(C)C2)cc1[N+](=O)[O-]. The van der Waals surface area contributed by atoms with Crippen LogP contribution in [0.2, 0.25) is 0 Å². The van der Waals surface area contributed by atoms with Gasteiger partial charge in [0.15, 0.2) is 0 Å². The van der Waals surface area contributed by atoms with Crippen molar-refractivity contribution < 1.29 is 4.92 Å². The van der Waals surface area contributed by atoms with Gasteiger partial charge in [-0.3, -0.25) is 10.1 Å². The molecule has 2 unspecified atom stereocenters. The Kier molecular flexibility index (Phi) is 4.53. The Bertz CT molecular complexity index is 459. The van der Waals surface area contributed by atoms with E-state index in [1.165, 1.54) is 25.7 Å². The summed E-state index contributed by atoms with van der Waals surface area (Å²) in [4.78, 5) is 10.6. The largest absolute Gasteiger partial charge is 0.310 e. The number of rotatable bonds is 4. The quantitative estimate of drug-likeness (QED) is 0.666. The molecule has 0 heterocycles. The normalized spacial score (nSPS) is 23.3. The van der Waals surface area contributed by atoms with E-state index >= 15 is 0 Å². The smallest absolute Gasteiger partial charge is 0.272 e. The minimum atomic E-state index is -0.304. The van der Waals surface area contributed by atoms with Crippen molar-refractivity contribution >= 4 is 5.69 Å². The number of hydrogen-bond donors (Lipinski definition) is 1. The van der Waals surface area contributed by atoms with Gasteiger partial charge in [0.1, 0.15) is 0 Å². The summed E-state index contributed by atoms with van der Waals surface area (Å²) in [6.07, 6.45) is 5.05. The monoisotopic (exact) mass is 262 g/mol. The first kappa shape index (κ1) is 14.0. The molecule has 0 spiro atoms. The van der Waals surface area contributed by atoms with E-state index in [1.807, 2.05) is 12.1 Å². The third-order valence-electron chi connectivity index (χ3n) is 4.00. The van der Waals surface area contributed by atoms with Crippen LogP contribution in [-0.4, -0.2) is 11.0 Å². The fraction of sp³-hybridized carbons (Fsp3) is 0.600. The van der Waals surface area contributed by atoms with Gasteiger partial charge in [0.05, 0.1) is 4.92 Å². The van der Waals surface area contributed by atoms with Gasteiger partial charge in [-0.05, 0) is 31.2 Å². The van der Waals surface area contributed by atoms with E-state index in [9.17, 15) is 10.1 Å². The Hall–Kier alpha value is -1.42. The van der Waals surface area contributed by atoms with Crippen LogP contribution in [0.1, 0.15) is 43.7 Å². The van der Waals surface area contributed by atoms with E-state index < -0.39 is 0 Å². The molecule has 4 heteroatoms. The third-order valence-corrected chi connectivity index (χ3v) is 4.00. The van der Waals surface area contributed by atoms with Crippen LogP contribution in [-0.2, 0) is 6.54 Å². The van der Waals surface area contributed by atoms with Crippen molar-refractivity contribution in [3.05, 3.63) is 39.4 Å². The van der Waals surface area contributed by atoms with Gasteiger partial charge < -0.3 is 5.32 Å². The maximum Gasteiger partial charge on any atom is 0.272 e. The molecule has 0 bridgehead atoms. The zero-order chi connectivity index (χ0) is 13.8. The van der Waals surface area contributed by atoms with Crippen molar-refractivity contribution in [1.82, 2.24) is 5.32 Å². The van der Waals surface area contributed by atoms with Gasteiger partial charge in [-0.2, -0.15) is 0 Å². The molecule has 19 heavy (non-hydrogen) atoms. The fourth-order valence-corrected chi connectivity index (χ4v) is 2.84. The zero-order valence-electron chi connectivity index (χ0n) is 11.7. The molecule has 0 aliphatic heterocycles. The highest BCUT2D eigenvalue weighted by molar-refractivity contribution is 5.42. The van der Waals surface area contributed by atoms with Gasteiger partial charge in [-0.25, -0.2) is 0 Å². The molecule has 0 aromatic heterocycles. The Balaban J connectivity index is 1.96. The second kappa shape index (κ2) is 6.15. The highest BCUT2D eigenvalue weighted by Gasteiger charge is 2.18. The second-order valence-corrected chi connectivity index (χ2v) is 5.73. The molecule has 2 rings (SSSR count). The highest BCUT2D eigenvalue weighted by atomic mass is 16.6. The van der Waals surface area contributed by atoms with Gasteiger partial charge >= 0.3 is 0 Å². The molecule has 1 aliphatic rings. The standard InChI is InChI=1S/C15H22N2O2/c1-11-4-3-5-14(8-11)16-10-13-7-6-12(2)15(9-13)17(18)19/h6-7,9,11,14,16H,3-5,8,10H2,1-2H3. The molecule has 0 saturated heterocycles.